The summed E-state index contributed by atoms with van der Waals surface area (Å²) in [5.74, 6) is 0.0906. The lowest BCUT2D eigenvalue weighted by atomic mass is 10.2. The lowest BCUT2D eigenvalue weighted by Crippen LogP contribution is -2.30. The van der Waals surface area contributed by atoms with E-state index < -0.39 is 0 Å². The first-order valence-electron chi connectivity index (χ1n) is 6.21. The Morgan fingerprint density at radius 2 is 2.11 bits per heavy atom. The van der Waals surface area contributed by atoms with Crippen LogP contribution in [-0.2, 0) is 4.79 Å². The Bertz CT molecular complexity index is 457. The van der Waals surface area contributed by atoms with Crippen molar-refractivity contribution in [1.82, 2.24) is 5.32 Å². The van der Waals surface area contributed by atoms with Crippen molar-refractivity contribution in [1.29, 1.82) is 5.26 Å². The van der Waals surface area contributed by atoms with Gasteiger partial charge in [0.2, 0.25) is 5.91 Å². The lowest BCUT2D eigenvalue weighted by molar-refractivity contribution is -0.118. The molecule has 0 unspecified atom stereocenters. The number of anilines is 1. The zero-order chi connectivity index (χ0) is 13.0. The van der Waals surface area contributed by atoms with Gasteiger partial charge in [-0.15, -0.1) is 0 Å². The highest BCUT2D eigenvalue weighted by atomic mass is 16.2. The summed E-state index contributed by atoms with van der Waals surface area (Å²) in [4.78, 5) is 13.6. The van der Waals surface area contributed by atoms with E-state index in [9.17, 15) is 4.79 Å². The van der Waals surface area contributed by atoms with Crippen molar-refractivity contribution in [3.8, 4) is 6.07 Å². The maximum atomic E-state index is 11.9. The number of rotatable bonds is 5. The summed E-state index contributed by atoms with van der Waals surface area (Å²) in [6.45, 7) is 0.740. The van der Waals surface area contributed by atoms with Gasteiger partial charge in [0.05, 0.1) is 11.6 Å². The number of carbonyl (C=O) groups excluding carboxylic acids is 1. The van der Waals surface area contributed by atoms with Crippen LogP contribution in [-0.4, -0.2) is 25.5 Å². The van der Waals surface area contributed by atoms with Crippen LogP contribution in [0.25, 0.3) is 0 Å². The van der Waals surface area contributed by atoms with E-state index in [1.165, 1.54) is 12.8 Å². The second-order valence-electron chi connectivity index (χ2n) is 4.59. The summed E-state index contributed by atoms with van der Waals surface area (Å²) in [6.07, 6.45) is 2.98. The third kappa shape index (κ3) is 3.31. The summed E-state index contributed by atoms with van der Waals surface area (Å²) in [6, 6.07) is 9.74. The molecule has 0 spiro atoms. The van der Waals surface area contributed by atoms with Gasteiger partial charge in [-0.3, -0.25) is 4.79 Å². The first-order chi connectivity index (χ1) is 8.70. The fraction of sp³-hybridized carbons (Fsp3) is 0.429. The molecular formula is C14H17N3O. The Morgan fingerprint density at radius 1 is 1.44 bits per heavy atom. The van der Waals surface area contributed by atoms with E-state index in [1.54, 1.807) is 36.2 Å². The number of nitrogens with one attached hydrogen (secondary N) is 1. The Labute approximate surface area is 107 Å². The Hall–Kier alpha value is -1.86. The molecule has 1 aromatic carbocycles. The lowest BCUT2D eigenvalue weighted by Gasteiger charge is -2.17. The molecule has 0 aliphatic heterocycles. The van der Waals surface area contributed by atoms with Crippen molar-refractivity contribution in [3.05, 3.63) is 29.8 Å². The van der Waals surface area contributed by atoms with Gasteiger partial charge in [-0.25, -0.2) is 0 Å². The molecule has 0 saturated heterocycles. The fourth-order valence-electron chi connectivity index (χ4n) is 1.74. The summed E-state index contributed by atoms with van der Waals surface area (Å²) in [7, 11) is 1.76. The second kappa shape index (κ2) is 5.65. The molecule has 1 amide bonds. The van der Waals surface area contributed by atoms with E-state index >= 15 is 0 Å². The molecule has 1 aliphatic carbocycles. The van der Waals surface area contributed by atoms with E-state index in [0.717, 1.165) is 12.2 Å². The Balaban J connectivity index is 1.85. The van der Waals surface area contributed by atoms with E-state index in [4.69, 9.17) is 5.26 Å². The third-order valence-electron chi connectivity index (χ3n) is 3.11. The van der Waals surface area contributed by atoms with Gasteiger partial charge in [-0.05, 0) is 37.1 Å². The van der Waals surface area contributed by atoms with Crippen LogP contribution in [0, 0.1) is 11.3 Å². The van der Waals surface area contributed by atoms with Gasteiger partial charge in [0, 0.05) is 31.7 Å². The van der Waals surface area contributed by atoms with Crippen molar-refractivity contribution in [2.24, 2.45) is 0 Å². The van der Waals surface area contributed by atoms with E-state index in [0.29, 0.717) is 18.0 Å². The summed E-state index contributed by atoms with van der Waals surface area (Å²) < 4.78 is 0. The van der Waals surface area contributed by atoms with Gasteiger partial charge >= 0.3 is 0 Å². The molecule has 0 radical (unpaired) electrons. The summed E-state index contributed by atoms with van der Waals surface area (Å²) in [5.41, 5.74) is 1.43. The number of benzene rings is 1. The van der Waals surface area contributed by atoms with E-state index in [2.05, 4.69) is 11.4 Å². The maximum absolute atomic E-state index is 11.9. The van der Waals surface area contributed by atoms with Crippen LogP contribution in [0.4, 0.5) is 5.69 Å². The van der Waals surface area contributed by atoms with Crippen molar-refractivity contribution >= 4 is 11.6 Å². The minimum atomic E-state index is 0.0906. The largest absolute Gasteiger partial charge is 0.315 e. The second-order valence-corrected chi connectivity index (χ2v) is 4.59. The van der Waals surface area contributed by atoms with Crippen molar-refractivity contribution < 1.29 is 4.79 Å². The highest BCUT2D eigenvalue weighted by Crippen LogP contribution is 2.18. The normalized spacial score (nSPS) is 14.0. The minimum Gasteiger partial charge on any atom is -0.315 e. The predicted molar refractivity (Wildman–Crippen MR) is 70.2 cm³/mol. The maximum Gasteiger partial charge on any atom is 0.227 e. The molecule has 0 aromatic heterocycles. The molecule has 0 bridgehead atoms. The number of nitriles is 1. The molecule has 1 aliphatic rings. The monoisotopic (exact) mass is 243 g/mol. The first kappa shape index (κ1) is 12.6. The SMILES string of the molecule is CN(C(=O)CCNC1CC1)c1ccc(C#N)cc1. The van der Waals surface area contributed by atoms with Crippen LogP contribution in [0.3, 0.4) is 0 Å². The van der Waals surface area contributed by atoms with E-state index in [1.807, 2.05) is 0 Å². The average Bonchev–Trinajstić information content (AvgIpc) is 3.22. The molecule has 1 aromatic rings. The predicted octanol–water partition coefficient (Wildman–Crippen LogP) is 1.66. The first-order valence-corrected chi connectivity index (χ1v) is 6.21. The quantitative estimate of drug-likeness (QED) is 0.855. The molecule has 94 valence electrons. The molecule has 1 saturated carbocycles. The van der Waals surface area contributed by atoms with E-state index in [-0.39, 0.29) is 5.91 Å². The van der Waals surface area contributed by atoms with Crippen LogP contribution in [0.15, 0.2) is 24.3 Å². The molecule has 1 N–H and O–H groups in total. The highest BCUT2D eigenvalue weighted by Gasteiger charge is 2.20. The van der Waals surface area contributed by atoms with Crippen LogP contribution in [0.5, 0.6) is 0 Å². The minimum absolute atomic E-state index is 0.0906. The van der Waals surface area contributed by atoms with Crippen molar-refractivity contribution in [2.45, 2.75) is 25.3 Å². The van der Waals surface area contributed by atoms with Gasteiger partial charge in [0.25, 0.3) is 0 Å². The van der Waals surface area contributed by atoms with Crippen LogP contribution < -0.4 is 10.2 Å². The highest BCUT2D eigenvalue weighted by molar-refractivity contribution is 5.92. The number of nitrogens with zero attached hydrogens (tertiary/aromatic N) is 2. The standard InChI is InChI=1S/C14H17N3O/c1-17(13-6-2-11(10-15)3-7-13)14(18)8-9-16-12-4-5-12/h2-3,6-7,12,16H,4-5,8-9H2,1H3. The molecular weight excluding hydrogens is 226 g/mol. The molecule has 4 nitrogen and oxygen atoms in total. The smallest absolute Gasteiger partial charge is 0.227 e. The number of amides is 1. The summed E-state index contributed by atoms with van der Waals surface area (Å²) in [5, 5.41) is 12.0. The number of hydrogen-bond donors (Lipinski definition) is 1. The third-order valence-corrected chi connectivity index (χ3v) is 3.11. The molecule has 18 heavy (non-hydrogen) atoms. The van der Waals surface area contributed by atoms with Crippen LogP contribution in [0.2, 0.25) is 0 Å². The Morgan fingerprint density at radius 3 is 2.67 bits per heavy atom. The zero-order valence-corrected chi connectivity index (χ0v) is 10.5. The molecule has 2 rings (SSSR count). The van der Waals surface area contributed by atoms with Crippen LogP contribution in [0.1, 0.15) is 24.8 Å². The fourth-order valence-corrected chi connectivity index (χ4v) is 1.74. The van der Waals surface area contributed by atoms with Gasteiger partial charge in [0.1, 0.15) is 0 Å². The molecule has 4 heteroatoms. The van der Waals surface area contributed by atoms with Crippen LogP contribution >= 0.6 is 0 Å². The van der Waals surface area contributed by atoms with Gasteiger partial charge < -0.3 is 10.2 Å². The number of hydrogen-bond acceptors (Lipinski definition) is 3. The zero-order valence-electron chi connectivity index (χ0n) is 10.5. The van der Waals surface area contributed by atoms with Crippen molar-refractivity contribution in [2.75, 3.05) is 18.5 Å². The summed E-state index contributed by atoms with van der Waals surface area (Å²) >= 11 is 0. The molecule has 0 heterocycles. The Kier molecular flexibility index (Phi) is 3.96. The number of carbonyl (C=O) groups is 1. The molecule has 0 atom stereocenters. The average molecular weight is 243 g/mol. The van der Waals surface area contributed by atoms with Gasteiger partial charge in [0.15, 0.2) is 0 Å². The molecule has 1 fully saturated rings. The van der Waals surface area contributed by atoms with Gasteiger partial charge in [-0.1, -0.05) is 0 Å². The topological polar surface area (TPSA) is 56.1 Å². The van der Waals surface area contributed by atoms with Crippen molar-refractivity contribution in [3.63, 3.8) is 0 Å². The van der Waals surface area contributed by atoms with Gasteiger partial charge in [-0.2, -0.15) is 5.26 Å².